The molecule has 4 heteroatoms. The molecule has 3 aliphatic rings. The highest BCUT2D eigenvalue weighted by Crippen LogP contribution is 2.57. The van der Waals surface area contributed by atoms with Gasteiger partial charge in [-0.05, 0) is 54.1 Å². The van der Waals surface area contributed by atoms with Crippen LogP contribution in [0.15, 0.2) is 57.7 Å². The zero-order chi connectivity index (χ0) is 14.8. The number of hydrogen-bond donors (Lipinski definition) is 0. The van der Waals surface area contributed by atoms with Gasteiger partial charge in [0.05, 0.1) is 0 Å². The molecule has 0 atom stereocenters. The number of nitrogens with zero attached hydrogens (tertiary/aromatic N) is 2. The Balaban J connectivity index is 1.96. The molecule has 22 heavy (non-hydrogen) atoms. The number of hydrogen-bond acceptors (Lipinski definition) is 2. The van der Waals surface area contributed by atoms with E-state index in [-0.39, 0.29) is 11.8 Å². The van der Waals surface area contributed by atoms with Gasteiger partial charge in [0, 0.05) is 23.0 Å². The van der Waals surface area contributed by atoms with Gasteiger partial charge in [0.1, 0.15) is 9.21 Å². The molecule has 0 spiro atoms. The summed E-state index contributed by atoms with van der Waals surface area (Å²) in [5.41, 5.74) is 8.06. The molecule has 3 aromatic rings. The Morgan fingerprint density at radius 1 is 0.591 bits per heavy atom. The summed E-state index contributed by atoms with van der Waals surface area (Å²) in [7, 11) is 0. The Labute approximate surface area is 144 Å². The van der Waals surface area contributed by atoms with Crippen LogP contribution in [-0.4, -0.2) is 10.2 Å². The van der Waals surface area contributed by atoms with Crippen LogP contribution >= 0.6 is 31.9 Å². The lowest BCUT2D eigenvalue weighted by Crippen LogP contribution is -2.29. The van der Waals surface area contributed by atoms with Gasteiger partial charge in [-0.15, -0.1) is 10.2 Å². The van der Waals surface area contributed by atoms with Crippen molar-refractivity contribution in [3.8, 4) is 0 Å². The third kappa shape index (κ3) is 1.49. The molecule has 6 rings (SSSR count). The minimum absolute atomic E-state index is 0.230. The number of halogens is 2. The predicted octanol–water partition coefficient (Wildman–Crippen LogP) is 4.99. The summed E-state index contributed by atoms with van der Waals surface area (Å²) in [6, 6.07) is 17.5. The first-order chi connectivity index (χ1) is 10.8. The maximum atomic E-state index is 4.28. The molecule has 106 valence electrons. The summed E-state index contributed by atoms with van der Waals surface area (Å²) in [6.45, 7) is 0. The average molecular weight is 414 g/mol. The first-order valence-corrected chi connectivity index (χ1v) is 8.75. The highest BCUT2D eigenvalue weighted by atomic mass is 79.9. The van der Waals surface area contributed by atoms with Crippen molar-refractivity contribution in [1.29, 1.82) is 0 Å². The van der Waals surface area contributed by atoms with Crippen molar-refractivity contribution in [2.24, 2.45) is 0 Å². The van der Waals surface area contributed by atoms with E-state index < -0.39 is 0 Å². The Morgan fingerprint density at radius 2 is 0.909 bits per heavy atom. The highest BCUT2D eigenvalue weighted by molar-refractivity contribution is 9.11. The molecule has 0 radical (unpaired) electrons. The Morgan fingerprint density at radius 3 is 1.23 bits per heavy atom. The van der Waals surface area contributed by atoms with Crippen LogP contribution in [0.4, 0.5) is 0 Å². The van der Waals surface area contributed by atoms with Crippen molar-refractivity contribution in [2.75, 3.05) is 0 Å². The predicted molar refractivity (Wildman–Crippen MR) is 92.2 cm³/mol. The molecule has 3 aliphatic carbocycles. The van der Waals surface area contributed by atoms with Gasteiger partial charge in [-0.25, -0.2) is 0 Å². The normalized spacial score (nSPS) is 20.3. The largest absolute Gasteiger partial charge is 0.142 e. The zero-order valence-electron chi connectivity index (χ0n) is 11.4. The number of aromatic nitrogens is 2. The second-order valence-electron chi connectivity index (χ2n) is 5.73. The molecule has 2 bridgehead atoms. The van der Waals surface area contributed by atoms with E-state index in [9.17, 15) is 0 Å². The van der Waals surface area contributed by atoms with Crippen LogP contribution in [0.25, 0.3) is 0 Å². The summed E-state index contributed by atoms with van der Waals surface area (Å²) >= 11 is 7.25. The molecular formula is C18H10Br2N2. The van der Waals surface area contributed by atoms with Gasteiger partial charge in [-0.3, -0.25) is 0 Å². The molecule has 0 saturated heterocycles. The van der Waals surface area contributed by atoms with Crippen LogP contribution in [-0.2, 0) is 0 Å². The summed E-state index contributed by atoms with van der Waals surface area (Å²) in [6.07, 6.45) is 0. The maximum absolute atomic E-state index is 4.28. The Hall–Kier alpha value is -1.52. The molecule has 0 amide bonds. The standard InChI is InChI=1S/C18H10Br2N2/c19-17-15-13-9-5-1-2-6-10(9)14(16(15)18(20)22-21-17)12-8-4-3-7-11(12)13/h1-8,13-14H. The van der Waals surface area contributed by atoms with Crippen molar-refractivity contribution in [3.05, 3.63) is 91.1 Å². The third-order valence-electron chi connectivity index (χ3n) is 4.77. The monoisotopic (exact) mass is 412 g/mol. The molecule has 0 saturated carbocycles. The summed E-state index contributed by atoms with van der Waals surface area (Å²) in [5, 5.41) is 8.55. The summed E-state index contributed by atoms with van der Waals surface area (Å²) < 4.78 is 1.70. The Bertz CT molecular complexity index is 814. The van der Waals surface area contributed by atoms with Crippen molar-refractivity contribution >= 4 is 31.9 Å². The average Bonchev–Trinajstić information content (AvgIpc) is 2.58. The van der Waals surface area contributed by atoms with Crippen LogP contribution in [0.1, 0.15) is 45.2 Å². The minimum atomic E-state index is 0.230. The number of benzene rings is 2. The first-order valence-electron chi connectivity index (χ1n) is 7.16. The quantitative estimate of drug-likeness (QED) is 0.357. The molecule has 0 unspecified atom stereocenters. The van der Waals surface area contributed by atoms with Gasteiger partial charge in [0.2, 0.25) is 0 Å². The fourth-order valence-corrected chi connectivity index (χ4v) is 5.04. The van der Waals surface area contributed by atoms with Crippen molar-refractivity contribution in [1.82, 2.24) is 10.2 Å². The fourth-order valence-electron chi connectivity index (χ4n) is 4.00. The smallest absolute Gasteiger partial charge is 0.133 e. The SMILES string of the molecule is Brc1nnc(Br)c2c1C1c3ccccc3C2c2ccccc21. The number of rotatable bonds is 0. The van der Waals surface area contributed by atoms with Crippen molar-refractivity contribution in [3.63, 3.8) is 0 Å². The van der Waals surface area contributed by atoms with Gasteiger partial charge in [0.25, 0.3) is 0 Å². The van der Waals surface area contributed by atoms with E-state index in [0.29, 0.717) is 0 Å². The van der Waals surface area contributed by atoms with Gasteiger partial charge in [-0.2, -0.15) is 0 Å². The van der Waals surface area contributed by atoms with Gasteiger partial charge < -0.3 is 0 Å². The molecule has 2 nitrogen and oxygen atoms in total. The molecule has 1 aromatic heterocycles. The van der Waals surface area contributed by atoms with Crippen LogP contribution in [0.2, 0.25) is 0 Å². The lowest BCUT2D eigenvalue weighted by molar-refractivity contribution is 0.718. The van der Waals surface area contributed by atoms with E-state index in [1.54, 1.807) is 0 Å². The van der Waals surface area contributed by atoms with Crippen molar-refractivity contribution in [2.45, 2.75) is 11.8 Å². The minimum Gasteiger partial charge on any atom is -0.142 e. The van der Waals surface area contributed by atoms with Crippen LogP contribution < -0.4 is 0 Å². The fraction of sp³-hybridized carbons (Fsp3) is 0.111. The van der Waals surface area contributed by atoms with Crippen LogP contribution in [0.5, 0.6) is 0 Å². The second kappa shape index (κ2) is 4.49. The lowest BCUT2D eigenvalue weighted by Gasteiger charge is -2.42. The van der Waals surface area contributed by atoms with E-state index in [0.717, 1.165) is 9.21 Å². The topological polar surface area (TPSA) is 25.8 Å². The zero-order valence-corrected chi connectivity index (χ0v) is 14.6. The van der Waals surface area contributed by atoms with E-state index in [4.69, 9.17) is 0 Å². The maximum Gasteiger partial charge on any atom is 0.133 e. The van der Waals surface area contributed by atoms with Crippen LogP contribution in [0.3, 0.4) is 0 Å². The van der Waals surface area contributed by atoms with Gasteiger partial charge in [-0.1, -0.05) is 48.5 Å². The molecule has 1 heterocycles. The van der Waals surface area contributed by atoms with E-state index in [2.05, 4.69) is 90.6 Å². The second-order valence-corrected chi connectivity index (χ2v) is 7.24. The lowest BCUT2D eigenvalue weighted by atomic mass is 9.62. The van der Waals surface area contributed by atoms with E-state index >= 15 is 0 Å². The molecule has 0 N–H and O–H groups in total. The third-order valence-corrected chi connectivity index (χ3v) is 5.95. The first kappa shape index (κ1) is 13.0. The van der Waals surface area contributed by atoms with Crippen LogP contribution in [0, 0.1) is 0 Å². The molecular weight excluding hydrogens is 404 g/mol. The van der Waals surface area contributed by atoms with E-state index in [1.807, 2.05) is 0 Å². The van der Waals surface area contributed by atoms with Crippen molar-refractivity contribution < 1.29 is 0 Å². The molecule has 2 aromatic carbocycles. The van der Waals surface area contributed by atoms with Gasteiger partial charge in [0.15, 0.2) is 0 Å². The van der Waals surface area contributed by atoms with Gasteiger partial charge >= 0.3 is 0 Å². The highest BCUT2D eigenvalue weighted by Gasteiger charge is 2.43. The van der Waals surface area contributed by atoms with E-state index in [1.165, 1.54) is 33.4 Å². The molecule has 0 fully saturated rings. The summed E-state index contributed by atoms with van der Waals surface area (Å²) in [4.78, 5) is 0. The summed E-state index contributed by atoms with van der Waals surface area (Å²) in [5.74, 6) is 0.460. The molecule has 0 aliphatic heterocycles. The Kier molecular flexibility index (Phi) is 2.65.